The van der Waals surface area contributed by atoms with Crippen molar-refractivity contribution < 1.29 is 9.59 Å². The van der Waals surface area contributed by atoms with Crippen LogP contribution in [0.4, 0.5) is 0 Å². The van der Waals surface area contributed by atoms with Crippen molar-refractivity contribution in [1.82, 2.24) is 15.5 Å². The average Bonchev–Trinajstić information content (AvgIpc) is 2.48. The lowest BCUT2D eigenvalue weighted by Gasteiger charge is -2.34. The van der Waals surface area contributed by atoms with Gasteiger partial charge in [0, 0.05) is 32.1 Å². The van der Waals surface area contributed by atoms with E-state index in [4.69, 9.17) is 0 Å². The molecule has 2 aliphatic heterocycles. The van der Waals surface area contributed by atoms with Gasteiger partial charge >= 0.3 is 0 Å². The Bertz CT molecular complexity index is 362. The first kappa shape index (κ1) is 19.2. The minimum atomic E-state index is 0. The van der Waals surface area contributed by atoms with Crippen LogP contribution in [0, 0.1) is 11.8 Å². The molecule has 2 rings (SSSR count). The van der Waals surface area contributed by atoms with Crippen LogP contribution in [0.15, 0.2) is 0 Å². The Morgan fingerprint density at radius 3 is 2.45 bits per heavy atom. The van der Waals surface area contributed by atoms with Crippen LogP contribution in [0.5, 0.6) is 0 Å². The molecule has 0 radical (unpaired) electrons. The van der Waals surface area contributed by atoms with Gasteiger partial charge in [0.2, 0.25) is 11.8 Å². The topological polar surface area (TPSA) is 61.4 Å². The summed E-state index contributed by atoms with van der Waals surface area (Å²) in [6, 6.07) is 0.238. The number of piperidine rings is 2. The molecule has 2 N–H and O–H groups in total. The molecule has 2 heterocycles. The number of nitrogens with one attached hydrogen (secondary N) is 2. The molecule has 0 aromatic heterocycles. The molecule has 1 atom stereocenters. The Labute approximate surface area is 140 Å². The van der Waals surface area contributed by atoms with E-state index in [1.807, 2.05) is 4.90 Å². The molecule has 0 bridgehead atoms. The second-order valence-corrected chi connectivity index (χ2v) is 6.80. The predicted molar refractivity (Wildman–Crippen MR) is 90.0 cm³/mol. The fourth-order valence-electron chi connectivity index (χ4n) is 3.15. The molecule has 0 spiro atoms. The van der Waals surface area contributed by atoms with E-state index >= 15 is 0 Å². The molecule has 2 saturated heterocycles. The average molecular weight is 332 g/mol. The van der Waals surface area contributed by atoms with Gasteiger partial charge in [-0.1, -0.05) is 13.8 Å². The first-order chi connectivity index (χ1) is 10.1. The quantitative estimate of drug-likeness (QED) is 0.822. The lowest BCUT2D eigenvalue weighted by atomic mass is 9.97. The lowest BCUT2D eigenvalue weighted by Crippen LogP contribution is -2.49. The highest BCUT2D eigenvalue weighted by atomic mass is 35.5. The molecule has 2 aliphatic rings. The van der Waals surface area contributed by atoms with Crippen LogP contribution in [0.1, 0.15) is 46.0 Å². The maximum atomic E-state index is 12.2. The van der Waals surface area contributed by atoms with Gasteiger partial charge in [-0.15, -0.1) is 12.4 Å². The van der Waals surface area contributed by atoms with Gasteiger partial charge in [0.05, 0.1) is 5.92 Å². The molecular weight excluding hydrogens is 302 g/mol. The van der Waals surface area contributed by atoms with Gasteiger partial charge in [-0.2, -0.15) is 0 Å². The van der Waals surface area contributed by atoms with Gasteiger partial charge < -0.3 is 15.5 Å². The number of carbonyl (C=O) groups excluding carboxylic acids is 2. The summed E-state index contributed by atoms with van der Waals surface area (Å²) in [6.07, 6.45) is 4.47. The number of amides is 2. The molecule has 2 fully saturated rings. The predicted octanol–water partition coefficient (Wildman–Crippen LogP) is 1.56. The highest BCUT2D eigenvalue weighted by Crippen LogP contribution is 2.15. The first-order valence-corrected chi connectivity index (χ1v) is 8.35. The number of carbonyl (C=O) groups is 2. The zero-order chi connectivity index (χ0) is 15.2. The molecule has 6 heteroatoms. The summed E-state index contributed by atoms with van der Waals surface area (Å²) >= 11 is 0. The van der Waals surface area contributed by atoms with E-state index in [0.29, 0.717) is 12.3 Å². The van der Waals surface area contributed by atoms with Crippen molar-refractivity contribution in [3.8, 4) is 0 Å². The fourth-order valence-corrected chi connectivity index (χ4v) is 3.15. The number of hydrogen-bond donors (Lipinski definition) is 2. The molecular formula is C16H30ClN3O2. The third-order valence-electron chi connectivity index (χ3n) is 4.44. The van der Waals surface area contributed by atoms with Crippen molar-refractivity contribution in [2.45, 2.75) is 52.0 Å². The van der Waals surface area contributed by atoms with Crippen LogP contribution in [-0.2, 0) is 9.59 Å². The molecule has 0 aromatic carbocycles. The Morgan fingerprint density at radius 2 is 1.91 bits per heavy atom. The first-order valence-electron chi connectivity index (χ1n) is 8.35. The monoisotopic (exact) mass is 331 g/mol. The molecule has 0 saturated carbocycles. The maximum Gasteiger partial charge on any atom is 0.224 e. The Kier molecular flexibility index (Phi) is 8.18. The zero-order valence-corrected chi connectivity index (χ0v) is 14.6. The van der Waals surface area contributed by atoms with E-state index in [1.54, 1.807) is 0 Å². The van der Waals surface area contributed by atoms with Crippen molar-refractivity contribution in [2.75, 3.05) is 26.2 Å². The molecule has 1 unspecified atom stereocenters. The summed E-state index contributed by atoms with van der Waals surface area (Å²) in [6.45, 7) is 7.53. The summed E-state index contributed by atoms with van der Waals surface area (Å²) in [5.74, 6) is 0.980. The summed E-state index contributed by atoms with van der Waals surface area (Å²) in [5, 5.41) is 6.45. The van der Waals surface area contributed by atoms with Crippen LogP contribution in [0.3, 0.4) is 0 Å². The largest absolute Gasteiger partial charge is 0.353 e. The van der Waals surface area contributed by atoms with Crippen molar-refractivity contribution in [3.05, 3.63) is 0 Å². The second-order valence-electron chi connectivity index (χ2n) is 6.80. The van der Waals surface area contributed by atoms with E-state index in [2.05, 4.69) is 24.5 Å². The van der Waals surface area contributed by atoms with Gasteiger partial charge in [-0.05, 0) is 38.1 Å². The van der Waals surface area contributed by atoms with Crippen molar-refractivity contribution >= 4 is 24.2 Å². The minimum absolute atomic E-state index is 0. The summed E-state index contributed by atoms with van der Waals surface area (Å²) in [7, 11) is 0. The van der Waals surface area contributed by atoms with Gasteiger partial charge in [0.1, 0.15) is 0 Å². The van der Waals surface area contributed by atoms with Crippen LogP contribution >= 0.6 is 12.4 Å². The molecule has 22 heavy (non-hydrogen) atoms. The molecule has 128 valence electrons. The van der Waals surface area contributed by atoms with E-state index < -0.39 is 0 Å². The van der Waals surface area contributed by atoms with E-state index in [1.165, 1.54) is 0 Å². The normalized spacial score (nSPS) is 23.0. The van der Waals surface area contributed by atoms with Crippen molar-refractivity contribution in [3.63, 3.8) is 0 Å². The third kappa shape index (κ3) is 5.76. The molecule has 5 nitrogen and oxygen atoms in total. The van der Waals surface area contributed by atoms with Crippen molar-refractivity contribution in [1.29, 1.82) is 0 Å². The number of rotatable bonds is 4. The Balaban J connectivity index is 0.00000242. The van der Waals surface area contributed by atoms with Gasteiger partial charge in [-0.25, -0.2) is 0 Å². The van der Waals surface area contributed by atoms with E-state index in [0.717, 1.165) is 51.9 Å². The highest BCUT2D eigenvalue weighted by Gasteiger charge is 2.27. The van der Waals surface area contributed by atoms with Gasteiger partial charge in [-0.3, -0.25) is 9.59 Å². The van der Waals surface area contributed by atoms with Gasteiger partial charge in [0.15, 0.2) is 0 Å². The van der Waals surface area contributed by atoms with Crippen molar-refractivity contribution in [2.24, 2.45) is 11.8 Å². The van der Waals surface area contributed by atoms with Crippen LogP contribution in [0.25, 0.3) is 0 Å². The molecule has 2 amide bonds. The standard InChI is InChI=1S/C16H29N3O2.ClH/c1-12(2)10-15(20)19-8-5-14(6-9-19)18-16(21)13-4-3-7-17-11-13;/h12-14,17H,3-11H2,1-2H3,(H,18,21);1H. The maximum absolute atomic E-state index is 12.2. The third-order valence-corrected chi connectivity index (χ3v) is 4.44. The summed E-state index contributed by atoms with van der Waals surface area (Å²) in [5.41, 5.74) is 0. The molecule has 0 aromatic rings. The van der Waals surface area contributed by atoms with Crippen LogP contribution in [0.2, 0.25) is 0 Å². The summed E-state index contributed by atoms with van der Waals surface area (Å²) < 4.78 is 0. The molecule has 0 aliphatic carbocycles. The van der Waals surface area contributed by atoms with E-state index in [-0.39, 0.29) is 36.2 Å². The lowest BCUT2D eigenvalue weighted by molar-refractivity contribution is -0.133. The minimum Gasteiger partial charge on any atom is -0.353 e. The zero-order valence-electron chi connectivity index (χ0n) is 13.8. The number of halogens is 1. The van der Waals surface area contributed by atoms with E-state index in [9.17, 15) is 9.59 Å². The Morgan fingerprint density at radius 1 is 1.23 bits per heavy atom. The number of nitrogens with zero attached hydrogens (tertiary/aromatic N) is 1. The SMILES string of the molecule is CC(C)CC(=O)N1CCC(NC(=O)C2CCCNC2)CC1.Cl. The second kappa shape index (κ2) is 9.36. The van der Waals surface area contributed by atoms with Gasteiger partial charge in [0.25, 0.3) is 0 Å². The van der Waals surface area contributed by atoms with Crippen LogP contribution in [-0.4, -0.2) is 48.9 Å². The summed E-state index contributed by atoms with van der Waals surface area (Å²) in [4.78, 5) is 26.2. The number of hydrogen-bond acceptors (Lipinski definition) is 3. The fraction of sp³-hybridized carbons (Fsp3) is 0.875. The smallest absolute Gasteiger partial charge is 0.224 e. The number of likely N-dealkylation sites (tertiary alicyclic amines) is 1. The highest BCUT2D eigenvalue weighted by molar-refractivity contribution is 5.85. The Hall–Kier alpha value is -0.810. The van der Waals surface area contributed by atoms with Crippen LogP contribution < -0.4 is 10.6 Å².